The van der Waals surface area contributed by atoms with Crippen LogP contribution in [-0.4, -0.2) is 27.5 Å². The Morgan fingerprint density at radius 2 is 1.88 bits per heavy atom. The molecule has 1 aliphatic carbocycles. The largest absolute Gasteiger partial charge is 0.454 e. The number of thiophene rings is 1. The van der Waals surface area contributed by atoms with Gasteiger partial charge in [-0.1, -0.05) is 0 Å². The number of Topliss-reactive ketones (excluding diaryl/α,β-unsaturated/α-hetero) is 1. The molecule has 0 spiro atoms. The van der Waals surface area contributed by atoms with Gasteiger partial charge in [-0.05, 0) is 31.2 Å². The number of anilines is 1. The molecule has 0 amide bonds. The summed E-state index contributed by atoms with van der Waals surface area (Å²) < 4.78 is 6.91. The first-order valence-electron chi connectivity index (χ1n) is 8.18. The van der Waals surface area contributed by atoms with Crippen molar-refractivity contribution in [1.82, 2.24) is 9.13 Å². The quantitative estimate of drug-likeness (QED) is 0.618. The van der Waals surface area contributed by atoms with Crippen molar-refractivity contribution in [2.75, 3.05) is 12.3 Å². The number of rotatable bonds is 4. The van der Waals surface area contributed by atoms with Crippen LogP contribution in [0.15, 0.2) is 15.0 Å². The molecule has 3 rings (SSSR count). The van der Waals surface area contributed by atoms with Gasteiger partial charge in [0, 0.05) is 24.4 Å². The number of nitrogen functional groups attached to an aromatic ring is 1. The smallest absolute Gasteiger partial charge is 0.339 e. The van der Waals surface area contributed by atoms with Gasteiger partial charge in [-0.25, -0.2) is 9.59 Å². The van der Waals surface area contributed by atoms with Gasteiger partial charge in [0.1, 0.15) is 11.4 Å². The van der Waals surface area contributed by atoms with Crippen LogP contribution in [0.4, 0.5) is 5.82 Å². The number of hydrogen-bond donors (Lipinski definition) is 1. The van der Waals surface area contributed by atoms with Gasteiger partial charge in [-0.3, -0.25) is 18.7 Å². The van der Waals surface area contributed by atoms with Crippen molar-refractivity contribution in [3.63, 3.8) is 0 Å². The zero-order valence-electron chi connectivity index (χ0n) is 14.5. The highest BCUT2D eigenvalue weighted by molar-refractivity contribution is 7.10. The Labute approximate surface area is 152 Å². The van der Waals surface area contributed by atoms with Crippen LogP contribution in [0.5, 0.6) is 0 Å². The monoisotopic (exact) mass is 377 g/mol. The molecule has 8 nitrogen and oxygen atoms in total. The van der Waals surface area contributed by atoms with E-state index in [1.165, 1.54) is 30.3 Å². The van der Waals surface area contributed by atoms with Gasteiger partial charge in [0.25, 0.3) is 5.56 Å². The van der Waals surface area contributed by atoms with E-state index in [4.69, 9.17) is 10.5 Å². The molecule has 2 aromatic rings. The molecular formula is C17H19N3O5S. The summed E-state index contributed by atoms with van der Waals surface area (Å²) in [5, 5.41) is 1.75. The first kappa shape index (κ1) is 18.1. The van der Waals surface area contributed by atoms with E-state index in [-0.39, 0.29) is 11.4 Å². The minimum absolute atomic E-state index is 0.243. The molecule has 2 heterocycles. The number of ether oxygens (including phenoxy) is 1. The highest BCUT2D eigenvalue weighted by Gasteiger charge is 2.24. The molecule has 0 radical (unpaired) electrons. The minimum Gasteiger partial charge on any atom is -0.454 e. The molecule has 9 heteroatoms. The molecule has 0 unspecified atom stereocenters. The fourth-order valence-electron chi connectivity index (χ4n) is 3.07. The summed E-state index contributed by atoms with van der Waals surface area (Å²) in [7, 11) is 2.61. The molecule has 0 saturated carbocycles. The summed E-state index contributed by atoms with van der Waals surface area (Å²) in [5.41, 5.74) is 5.43. The predicted octanol–water partition coefficient (Wildman–Crippen LogP) is 0.646. The van der Waals surface area contributed by atoms with Crippen molar-refractivity contribution in [3.05, 3.63) is 47.8 Å². The first-order chi connectivity index (χ1) is 12.3. The van der Waals surface area contributed by atoms with Gasteiger partial charge in [-0.2, -0.15) is 0 Å². The Morgan fingerprint density at radius 3 is 2.62 bits per heavy atom. The Bertz CT molecular complexity index is 1010. The lowest BCUT2D eigenvalue weighted by Crippen LogP contribution is -2.42. The van der Waals surface area contributed by atoms with Crippen molar-refractivity contribution < 1.29 is 14.3 Å². The number of fused-ring (bicyclic) bond motifs is 1. The molecule has 138 valence electrons. The predicted molar refractivity (Wildman–Crippen MR) is 96.9 cm³/mol. The Kier molecular flexibility index (Phi) is 4.82. The maximum atomic E-state index is 12.4. The summed E-state index contributed by atoms with van der Waals surface area (Å²) >= 11 is 1.52. The zero-order valence-corrected chi connectivity index (χ0v) is 15.4. The van der Waals surface area contributed by atoms with Gasteiger partial charge in [-0.15, -0.1) is 11.3 Å². The Hall–Kier alpha value is -2.68. The van der Waals surface area contributed by atoms with Crippen molar-refractivity contribution in [2.45, 2.75) is 25.7 Å². The lowest BCUT2D eigenvalue weighted by atomic mass is 9.96. The van der Waals surface area contributed by atoms with Crippen molar-refractivity contribution in [1.29, 1.82) is 0 Å². The SMILES string of the molecule is Cn1c(N)c(C(=O)COC(=O)c2csc3c2CCCC3)c(=O)n(C)c1=O. The number of ketones is 1. The third kappa shape index (κ3) is 2.98. The number of aromatic nitrogens is 2. The molecule has 0 aromatic carbocycles. The molecule has 0 saturated heterocycles. The number of carbonyl (C=O) groups excluding carboxylic acids is 2. The molecule has 0 aliphatic heterocycles. The maximum Gasteiger partial charge on any atom is 0.339 e. The van der Waals surface area contributed by atoms with E-state index in [2.05, 4.69) is 0 Å². The fraction of sp³-hybridized carbons (Fsp3) is 0.412. The van der Waals surface area contributed by atoms with Crippen molar-refractivity contribution in [3.8, 4) is 0 Å². The van der Waals surface area contributed by atoms with Crippen LogP contribution in [0.1, 0.15) is 44.0 Å². The molecule has 2 N–H and O–H groups in total. The van der Waals surface area contributed by atoms with Crippen LogP contribution >= 0.6 is 11.3 Å². The maximum absolute atomic E-state index is 12.4. The van der Waals surface area contributed by atoms with Crippen LogP contribution in [-0.2, 0) is 31.7 Å². The average Bonchev–Trinajstić information content (AvgIpc) is 3.07. The highest BCUT2D eigenvalue weighted by atomic mass is 32.1. The van der Waals surface area contributed by atoms with Crippen LogP contribution in [0.25, 0.3) is 0 Å². The topological polar surface area (TPSA) is 113 Å². The third-order valence-corrected chi connectivity index (χ3v) is 5.69. The third-order valence-electron chi connectivity index (χ3n) is 4.60. The van der Waals surface area contributed by atoms with Gasteiger partial charge in [0.2, 0.25) is 5.78 Å². The molecule has 1 aliphatic rings. The van der Waals surface area contributed by atoms with E-state index in [9.17, 15) is 19.2 Å². The molecule has 2 aromatic heterocycles. The highest BCUT2D eigenvalue weighted by Crippen LogP contribution is 2.30. The molecular weight excluding hydrogens is 358 g/mol. The van der Waals surface area contributed by atoms with Gasteiger partial charge in [0.15, 0.2) is 6.61 Å². The standard InChI is InChI=1S/C17H19N3O5S/c1-19-14(18)13(15(22)20(2)17(19)24)11(21)7-25-16(23)10-8-26-12-6-4-3-5-9(10)12/h8H,3-7,18H2,1-2H3. The van der Waals surface area contributed by atoms with E-state index in [0.717, 1.165) is 40.4 Å². The molecule has 0 fully saturated rings. The van der Waals surface area contributed by atoms with E-state index in [1.807, 2.05) is 0 Å². The van der Waals surface area contributed by atoms with E-state index >= 15 is 0 Å². The van der Waals surface area contributed by atoms with E-state index < -0.39 is 29.6 Å². The number of carbonyl (C=O) groups is 2. The second-order valence-corrected chi connectivity index (χ2v) is 7.19. The van der Waals surface area contributed by atoms with Crippen LogP contribution in [0, 0.1) is 0 Å². The zero-order chi connectivity index (χ0) is 19.0. The Morgan fingerprint density at radius 1 is 1.19 bits per heavy atom. The number of nitrogens with zero attached hydrogens (tertiary/aromatic N) is 2. The lowest BCUT2D eigenvalue weighted by molar-refractivity contribution is 0.0473. The average molecular weight is 377 g/mol. The van der Waals surface area contributed by atoms with Crippen LogP contribution in [0.2, 0.25) is 0 Å². The number of esters is 1. The first-order valence-corrected chi connectivity index (χ1v) is 9.06. The number of hydrogen-bond acceptors (Lipinski definition) is 7. The van der Waals surface area contributed by atoms with E-state index in [0.29, 0.717) is 5.56 Å². The van der Waals surface area contributed by atoms with Crippen LogP contribution < -0.4 is 17.0 Å². The van der Waals surface area contributed by atoms with Crippen molar-refractivity contribution in [2.24, 2.45) is 14.1 Å². The van der Waals surface area contributed by atoms with E-state index in [1.54, 1.807) is 5.38 Å². The fourth-order valence-corrected chi connectivity index (χ4v) is 4.18. The summed E-state index contributed by atoms with van der Waals surface area (Å²) in [6, 6.07) is 0. The number of nitrogens with two attached hydrogens (primary N) is 1. The molecule has 0 bridgehead atoms. The summed E-state index contributed by atoms with van der Waals surface area (Å²) in [4.78, 5) is 49.9. The van der Waals surface area contributed by atoms with Gasteiger partial charge >= 0.3 is 11.7 Å². The van der Waals surface area contributed by atoms with Crippen molar-refractivity contribution >= 4 is 28.9 Å². The number of aryl methyl sites for hydroxylation is 1. The Balaban J connectivity index is 1.80. The van der Waals surface area contributed by atoms with Gasteiger partial charge in [0.05, 0.1) is 5.56 Å². The lowest BCUT2D eigenvalue weighted by Gasteiger charge is -2.13. The van der Waals surface area contributed by atoms with Gasteiger partial charge < -0.3 is 10.5 Å². The summed E-state index contributed by atoms with van der Waals surface area (Å²) in [6.07, 6.45) is 3.91. The normalized spacial score (nSPS) is 13.3. The second kappa shape index (κ2) is 6.91. The van der Waals surface area contributed by atoms with Crippen LogP contribution in [0.3, 0.4) is 0 Å². The second-order valence-electron chi connectivity index (χ2n) is 6.22. The molecule has 0 atom stereocenters. The summed E-state index contributed by atoms with van der Waals surface area (Å²) in [6.45, 7) is -0.610. The molecule has 26 heavy (non-hydrogen) atoms. The summed E-state index contributed by atoms with van der Waals surface area (Å²) in [5.74, 6) is -1.57. The minimum atomic E-state index is -0.806.